The fraction of sp³-hybridized carbons (Fsp3) is 0.529. The number of amides is 1. The standard InChI is InChI=1S/C17H22N2O/c1-12(2)14-15(20)19-16(18-14)17(10-6-7-11-17)13-8-4-3-5-9-13/h3-5,8-9,12,14H,6-7,10-11H2,1-2H3,(H,18,19,20). The summed E-state index contributed by atoms with van der Waals surface area (Å²) in [6.07, 6.45) is 4.58. The van der Waals surface area contributed by atoms with Crippen LogP contribution >= 0.6 is 0 Å². The highest BCUT2D eigenvalue weighted by atomic mass is 16.2. The molecule has 0 aromatic heterocycles. The normalized spacial score (nSPS) is 24.9. The number of carbonyl (C=O) groups excluding carboxylic acids is 1. The van der Waals surface area contributed by atoms with Crippen LogP contribution in [0.25, 0.3) is 0 Å². The fourth-order valence-corrected chi connectivity index (χ4v) is 3.51. The van der Waals surface area contributed by atoms with E-state index in [9.17, 15) is 4.79 Å². The lowest BCUT2D eigenvalue weighted by atomic mass is 9.77. The van der Waals surface area contributed by atoms with Crippen LogP contribution in [-0.2, 0) is 10.2 Å². The van der Waals surface area contributed by atoms with Gasteiger partial charge in [-0.2, -0.15) is 0 Å². The third-order valence-corrected chi connectivity index (χ3v) is 4.65. The van der Waals surface area contributed by atoms with E-state index in [1.165, 1.54) is 18.4 Å². The number of benzene rings is 1. The molecule has 20 heavy (non-hydrogen) atoms. The van der Waals surface area contributed by atoms with Gasteiger partial charge in [0.25, 0.3) is 0 Å². The Labute approximate surface area is 120 Å². The monoisotopic (exact) mass is 270 g/mol. The number of carbonyl (C=O) groups is 1. The molecule has 1 heterocycles. The van der Waals surface area contributed by atoms with Crippen LogP contribution in [0.3, 0.4) is 0 Å². The molecule has 1 aromatic rings. The Morgan fingerprint density at radius 3 is 2.40 bits per heavy atom. The van der Waals surface area contributed by atoms with Crippen molar-refractivity contribution in [1.29, 1.82) is 0 Å². The topological polar surface area (TPSA) is 41.5 Å². The van der Waals surface area contributed by atoms with E-state index < -0.39 is 0 Å². The summed E-state index contributed by atoms with van der Waals surface area (Å²) in [4.78, 5) is 16.9. The predicted octanol–water partition coefficient (Wildman–Crippen LogP) is 3.05. The van der Waals surface area contributed by atoms with Gasteiger partial charge >= 0.3 is 0 Å². The van der Waals surface area contributed by atoms with E-state index in [0.29, 0.717) is 0 Å². The quantitative estimate of drug-likeness (QED) is 0.901. The zero-order valence-corrected chi connectivity index (χ0v) is 12.2. The van der Waals surface area contributed by atoms with E-state index in [0.717, 1.165) is 18.7 Å². The number of nitrogens with zero attached hydrogens (tertiary/aromatic N) is 1. The van der Waals surface area contributed by atoms with Crippen molar-refractivity contribution in [2.24, 2.45) is 10.9 Å². The van der Waals surface area contributed by atoms with Gasteiger partial charge in [0.2, 0.25) is 5.91 Å². The maximum absolute atomic E-state index is 12.1. The molecule has 1 amide bonds. The molecule has 1 atom stereocenters. The van der Waals surface area contributed by atoms with Gasteiger partial charge in [0, 0.05) is 0 Å². The largest absolute Gasteiger partial charge is 0.312 e. The third kappa shape index (κ3) is 2.05. The highest BCUT2D eigenvalue weighted by Crippen LogP contribution is 2.43. The average molecular weight is 270 g/mol. The Morgan fingerprint density at radius 1 is 1.20 bits per heavy atom. The van der Waals surface area contributed by atoms with Gasteiger partial charge in [0.1, 0.15) is 11.9 Å². The molecule has 1 unspecified atom stereocenters. The first-order valence-electron chi connectivity index (χ1n) is 7.58. The van der Waals surface area contributed by atoms with Crippen molar-refractivity contribution in [3.05, 3.63) is 35.9 Å². The molecule has 0 radical (unpaired) electrons. The summed E-state index contributed by atoms with van der Waals surface area (Å²) in [5, 5.41) is 3.08. The Kier molecular flexibility index (Phi) is 3.36. The van der Waals surface area contributed by atoms with E-state index in [4.69, 9.17) is 4.99 Å². The molecular formula is C17H22N2O. The van der Waals surface area contributed by atoms with Gasteiger partial charge in [-0.3, -0.25) is 9.79 Å². The molecule has 0 spiro atoms. The predicted molar refractivity (Wildman–Crippen MR) is 80.8 cm³/mol. The Balaban J connectivity index is 2.01. The van der Waals surface area contributed by atoms with Gasteiger partial charge in [0.15, 0.2) is 0 Å². The van der Waals surface area contributed by atoms with Crippen LogP contribution in [0.15, 0.2) is 35.3 Å². The van der Waals surface area contributed by atoms with Crippen LogP contribution in [0, 0.1) is 5.92 Å². The highest BCUT2D eigenvalue weighted by molar-refractivity contribution is 6.10. The molecule has 1 N–H and O–H groups in total. The van der Waals surface area contributed by atoms with Crippen molar-refractivity contribution < 1.29 is 4.79 Å². The second-order valence-corrected chi connectivity index (χ2v) is 6.31. The molecule has 2 aliphatic rings. The van der Waals surface area contributed by atoms with Crippen LogP contribution in [0.5, 0.6) is 0 Å². The molecule has 1 fully saturated rings. The molecular weight excluding hydrogens is 248 g/mol. The summed E-state index contributed by atoms with van der Waals surface area (Å²) in [6.45, 7) is 4.11. The Bertz CT molecular complexity index is 527. The summed E-state index contributed by atoms with van der Waals surface area (Å²) in [7, 11) is 0. The Hall–Kier alpha value is -1.64. The molecule has 106 valence electrons. The van der Waals surface area contributed by atoms with Crippen molar-refractivity contribution in [3.63, 3.8) is 0 Å². The summed E-state index contributed by atoms with van der Waals surface area (Å²) in [5.74, 6) is 1.23. The molecule has 1 aliphatic heterocycles. The van der Waals surface area contributed by atoms with Crippen LogP contribution in [0.2, 0.25) is 0 Å². The number of aliphatic imine (C=N–C) groups is 1. The number of nitrogens with one attached hydrogen (secondary N) is 1. The van der Waals surface area contributed by atoms with E-state index in [1.807, 2.05) is 6.07 Å². The lowest BCUT2D eigenvalue weighted by molar-refractivity contribution is -0.120. The maximum atomic E-state index is 12.1. The molecule has 1 aliphatic carbocycles. The zero-order chi connectivity index (χ0) is 14.2. The van der Waals surface area contributed by atoms with Crippen molar-refractivity contribution in [3.8, 4) is 0 Å². The van der Waals surface area contributed by atoms with Gasteiger partial charge in [-0.25, -0.2) is 0 Å². The molecule has 1 aromatic carbocycles. The number of rotatable bonds is 3. The minimum absolute atomic E-state index is 0.0669. The molecule has 3 nitrogen and oxygen atoms in total. The van der Waals surface area contributed by atoms with Crippen LogP contribution in [-0.4, -0.2) is 17.8 Å². The summed E-state index contributed by atoms with van der Waals surface area (Å²) < 4.78 is 0. The zero-order valence-electron chi connectivity index (χ0n) is 12.2. The van der Waals surface area contributed by atoms with Gasteiger partial charge in [-0.1, -0.05) is 57.0 Å². The minimum Gasteiger partial charge on any atom is -0.312 e. The molecule has 3 rings (SSSR count). The molecule has 1 saturated carbocycles. The molecule has 0 saturated heterocycles. The fourth-order valence-electron chi connectivity index (χ4n) is 3.51. The summed E-state index contributed by atoms with van der Waals surface area (Å²) >= 11 is 0. The summed E-state index contributed by atoms with van der Waals surface area (Å²) in [6, 6.07) is 10.3. The van der Waals surface area contributed by atoms with E-state index in [1.54, 1.807) is 0 Å². The first kappa shape index (κ1) is 13.3. The van der Waals surface area contributed by atoms with Crippen LogP contribution in [0.1, 0.15) is 45.1 Å². The second kappa shape index (κ2) is 5.04. The van der Waals surface area contributed by atoms with Crippen LogP contribution in [0.4, 0.5) is 0 Å². The first-order chi connectivity index (χ1) is 9.63. The van der Waals surface area contributed by atoms with Crippen molar-refractivity contribution in [2.45, 2.75) is 51.0 Å². The van der Waals surface area contributed by atoms with E-state index in [-0.39, 0.29) is 23.3 Å². The van der Waals surface area contributed by atoms with Gasteiger partial charge < -0.3 is 5.32 Å². The Morgan fingerprint density at radius 2 is 1.85 bits per heavy atom. The number of amidine groups is 1. The van der Waals surface area contributed by atoms with Crippen molar-refractivity contribution in [1.82, 2.24) is 5.32 Å². The highest BCUT2D eigenvalue weighted by Gasteiger charge is 2.45. The van der Waals surface area contributed by atoms with Crippen LogP contribution < -0.4 is 5.32 Å². The number of hydrogen-bond donors (Lipinski definition) is 1. The van der Waals surface area contributed by atoms with Crippen molar-refractivity contribution in [2.75, 3.05) is 0 Å². The van der Waals surface area contributed by atoms with Gasteiger partial charge in [-0.05, 0) is 24.3 Å². The van der Waals surface area contributed by atoms with E-state index in [2.05, 4.69) is 43.4 Å². The molecule has 3 heteroatoms. The number of hydrogen-bond acceptors (Lipinski definition) is 2. The third-order valence-electron chi connectivity index (χ3n) is 4.65. The van der Waals surface area contributed by atoms with E-state index >= 15 is 0 Å². The van der Waals surface area contributed by atoms with Crippen molar-refractivity contribution >= 4 is 11.7 Å². The average Bonchev–Trinajstić information content (AvgIpc) is 3.07. The second-order valence-electron chi connectivity index (χ2n) is 6.31. The summed E-state index contributed by atoms with van der Waals surface area (Å²) in [5.41, 5.74) is 1.22. The minimum atomic E-state index is -0.216. The molecule has 0 bridgehead atoms. The smallest absolute Gasteiger partial charge is 0.250 e. The van der Waals surface area contributed by atoms with Gasteiger partial charge in [0.05, 0.1) is 5.41 Å². The maximum Gasteiger partial charge on any atom is 0.250 e. The lowest BCUT2D eigenvalue weighted by Crippen LogP contribution is -2.42. The lowest BCUT2D eigenvalue weighted by Gasteiger charge is -2.29. The van der Waals surface area contributed by atoms with Gasteiger partial charge in [-0.15, -0.1) is 0 Å². The SMILES string of the molecule is CC(C)C1N=C(C2(c3ccccc3)CCCC2)NC1=O. The first-order valence-corrected chi connectivity index (χ1v) is 7.58.